The summed E-state index contributed by atoms with van der Waals surface area (Å²) in [4.78, 5) is 26.0. The van der Waals surface area contributed by atoms with Crippen LogP contribution >= 0.6 is 0 Å². The molecule has 0 saturated carbocycles. The lowest BCUT2D eigenvalue weighted by Gasteiger charge is -2.08. The Labute approximate surface area is 102 Å². The lowest BCUT2D eigenvalue weighted by molar-refractivity contribution is -0.134. The molecule has 1 aromatic carbocycles. The minimum Gasteiger partial charge on any atom is -0.480 e. The van der Waals surface area contributed by atoms with Crippen molar-refractivity contribution in [2.45, 2.75) is 0 Å². The standard InChI is InChI=1S/C12H11N3O3/c13-11(18)8-5-7-3-1-2-4-9(7)15-12(8)14-6-10(16)17/h1-5H,6H2,(H2,13,18)(H,14,15)(H,16,17). The summed E-state index contributed by atoms with van der Waals surface area (Å²) in [5.74, 6) is -1.51. The van der Waals surface area contributed by atoms with Crippen molar-refractivity contribution in [1.82, 2.24) is 4.98 Å². The predicted molar refractivity (Wildman–Crippen MR) is 66.4 cm³/mol. The molecular weight excluding hydrogens is 234 g/mol. The maximum atomic E-state index is 11.3. The van der Waals surface area contributed by atoms with E-state index in [-0.39, 0.29) is 17.9 Å². The van der Waals surface area contributed by atoms with Crippen LogP contribution in [-0.4, -0.2) is 28.5 Å². The van der Waals surface area contributed by atoms with E-state index in [0.717, 1.165) is 5.39 Å². The number of primary amides is 1. The molecule has 18 heavy (non-hydrogen) atoms. The van der Waals surface area contributed by atoms with Crippen molar-refractivity contribution >= 4 is 28.6 Å². The van der Waals surface area contributed by atoms with Crippen molar-refractivity contribution in [2.24, 2.45) is 5.73 Å². The number of rotatable bonds is 4. The molecule has 0 radical (unpaired) electrons. The van der Waals surface area contributed by atoms with E-state index >= 15 is 0 Å². The van der Waals surface area contributed by atoms with Crippen molar-refractivity contribution in [3.63, 3.8) is 0 Å². The van der Waals surface area contributed by atoms with Crippen LogP contribution in [0.25, 0.3) is 10.9 Å². The molecule has 1 aromatic heterocycles. The Morgan fingerprint density at radius 1 is 1.33 bits per heavy atom. The molecule has 0 unspecified atom stereocenters. The van der Waals surface area contributed by atoms with Gasteiger partial charge in [0.2, 0.25) is 0 Å². The number of aliphatic carboxylic acids is 1. The van der Waals surface area contributed by atoms with Crippen LogP contribution in [0.15, 0.2) is 30.3 Å². The van der Waals surface area contributed by atoms with E-state index in [1.807, 2.05) is 6.07 Å². The first-order chi connectivity index (χ1) is 8.58. The number of hydrogen-bond acceptors (Lipinski definition) is 4. The average Bonchev–Trinajstić information content (AvgIpc) is 2.35. The fourth-order valence-corrected chi connectivity index (χ4v) is 1.60. The summed E-state index contributed by atoms with van der Waals surface area (Å²) in [5.41, 5.74) is 6.08. The van der Waals surface area contributed by atoms with Gasteiger partial charge in [-0.25, -0.2) is 4.98 Å². The fourth-order valence-electron chi connectivity index (χ4n) is 1.60. The first-order valence-corrected chi connectivity index (χ1v) is 5.23. The quantitative estimate of drug-likeness (QED) is 0.739. The number of carbonyl (C=O) groups is 2. The minimum atomic E-state index is -1.04. The number of carboxylic acid groups (broad SMARTS) is 1. The van der Waals surface area contributed by atoms with Crippen molar-refractivity contribution in [2.75, 3.05) is 11.9 Å². The molecule has 1 amide bonds. The van der Waals surface area contributed by atoms with E-state index in [0.29, 0.717) is 5.52 Å². The summed E-state index contributed by atoms with van der Waals surface area (Å²) in [7, 11) is 0. The Hall–Kier alpha value is -2.63. The van der Waals surface area contributed by atoms with E-state index in [1.165, 1.54) is 0 Å². The van der Waals surface area contributed by atoms with E-state index < -0.39 is 11.9 Å². The highest BCUT2D eigenvalue weighted by atomic mass is 16.4. The first-order valence-electron chi connectivity index (χ1n) is 5.23. The summed E-state index contributed by atoms with van der Waals surface area (Å²) in [6, 6.07) is 8.79. The van der Waals surface area contributed by atoms with Gasteiger partial charge in [0.25, 0.3) is 5.91 Å². The minimum absolute atomic E-state index is 0.176. The summed E-state index contributed by atoms with van der Waals surface area (Å²) in [5, 5.41) is 12.0. The molecule has 2 aromatic rings. The number of nitrogens with zero attached hydrogens (tertiary/aromatic N) is 1. The maximum absolute atomic E-state index is 11.3. The first kappa shape index (κ1) is 11.8. The van der Waals surface area contributed by atoms with Gasteiger partial charge < -0.3 is 16.2 Å². The average molecular weight is 245 g/mol. The zero-order valence-electron chi connectivity index (χ0n) is 9.38. The number of carbonyl (C=O) groups excluding carboxylic acids is 1. The molecular formula is C12H11N3O3. The third-order valence-corrected chi connectivity index (χ3v) is 2.40. The zero-order valence-corrected chi connectivity index (χ0v) is 9.38. The number of amides is 1. The van der Waals surface area contributed by atoms with Gasteiger partial charge in [0.15, 0.2) is 0 Å². The summed E-state index contributed by atoms with van der Waals surface area (Å²) in [6.45, 7) is -0.328. The molecule has 2 rings (SSSR count). The summed E-state index contributed by atoms with van der Waals surface area (Å²) in [6.07, 6.45) is 0. The summed E-state index contributed by atoms with van der Waals surface area (Å²) < 4.78 is 0. The highest BCUT2D eigenvalue weighted by Crippen LogP contribution is 2.19. The molecule has 0 fully saturated rings. The molecule has 0 aliphatic heterocycles. The molecule has 0 bridgehead atoms. The molecule has 92 valence electrons. The number of fused-ring (bicyclic) bond motifs is 1. The number of benzene rings is 1. The van der Waals surface area contributed by atoms with E-state index in [1.54, 1.807) is 24.3 Å². The second-order valence-corrected chi connectivity index (χ2v) is 3.69. The normalized spacial score (nSPS) is 10.2. The van der Waals surface area contributed by atoms with Gasteiger partial charge in [-0.2, -0.15) is 0 Å². The highest BCUT2D eigenvalue weighted by Gasteiger charge is 2.12. The van der Waals surface area contributed by atoms with Crippen molar-refractivity contribution in [3.8, 4) is 0 Å². The van der Waals surface area contributed by atoms with Crippen LogP contribution in [-0.2, 0) is 4.79 Å². The second kappa shape index (κ2) is 4.70. The van der Waals surface area contributed by atoms with Crippen molar-refractivity contribution in [1.29, 1.82) is 0 Å². The molecule has 0 spiro atoms. The Bertz CT molecular complexity index is 625. The van der Waals surface area contributed by atoms with Gasteiger partial charge in [-0.15, -0.1) is 0 Å². The Morgan fingerprint density at radius 2 is 2.06 bits per heavy atom. The van der Waals surface area contributed by atoms with Gasteiger partial charge >= 0.3 is 5.97 Å². The monoisotopic (exact) mass is 245 g/mol. The van der Waals surface area contributed by atoms with E-state index in [2.05, 4.69) is 10.3 Å². The number of nitrogens with two attached hydrogens (primary N) is 1. The number of hydrogen-bond donors (Lipinski definition) is 3. The molecule has 6 heteroatoms. The largest absolute Gasteiger partial charge is 0.480 e. The van der Waals surface area contributed by atoms with Crippen LogP contribution in [0.1, 0.15) is 10.4 Å². The smallest absolute Gasteiger partial charge is 0.322 e. The van der Waals surface area contributed by atoms with Gasteiger partial charge in [0.05, 0.1) is 11.1 Å². The summed E-state index contributed by atoms with van der Waals surface area (Å²) >= 11 is 0. The Balaban J connectivity index is 2.50. The zero-order chi connectivity index (χ0) is 13.1. The number of anilines is 1. The number of pyridine rings is 1. The van der Waals surface area contributed by atoms with Crippen LogP contribution in [0.5, 0.6) is 0 Å². The molecule has 0 aliphatic carbocycles. The molecule has 6 nitrogen and oxygen atoms in total. The van der Waals surface area contributed by atoms with Crippen LogP contribution in [0.2, 0.25) is 0 Å². The highest BCUT2D eigenvalue weighted by molar-refractivity contribution is 6.01. The van der Waals surface area contributed by atoms with Gasteiger partial charge in [0, 0.05) is 5.39 Å². The van der Waals surface area contributed by atoms with Crippen molar-refractivity contribution < 1.29 is 14.7 Å². The van der Waals surface area contributed by atoms with Gasteiger partial charge in [-0.05, 0) is 12.1 Å². The molecule has 4 N–H and O–H groups in total. The third kappa shape index (κ3) is 2.37. The fraction of sp³-hybridized carbons (Fsp3) is 0.0833. The predicted octanol–water partition coefficient (Wildman–Crippen LogP) is 0.830. The molecule has 1 heterocycles. The molecule has 0 atom stereocenters. The Kier molecular flexibility index (Phi) is 3.09. The van der Waals surface area contributed by atoms with Crippen LogP contribution < -0.4 is 11.1 Å². The van der Waals surface area contributed by atoms with E-state index in [4.69, 9.17) is 10.8 Å². The number of carboxylic acids is 1. The van der Waals surface area contributed by atoms with Crippen molar-refractivity contribution in [3.05, 3.63) is 35.9 Å². The topological polar surface area (TPSA) is 105 Å². The number of para-hydroxylation sites is 1. The van der Waals surface area contributed by atoms with Crippen LogP contribution in [0.3, 0.4) is 0 Å². The lowest BCUT2D eigenvalue weighted by atomic mass is 10.1. The van der Waals surface area contributed by atoms with Crippen LogP contribution in [0.4, 0.5) is 5.82 Å². The van der Waals surface area contributed by atoms with E-state index in [9.17, 15) is 9.59 Å². The second-order valence-electron chi connectivity index (χ2n) is 3.69. The SMILES string of the molecule is NC(=O)c1cc2ccccc2nc1NCC(=O)O. The van der Waals surface area contributed by atoms with Gasteiger partial charge in [-0.1, -0.05) is 18.2 Å². The molecule has 0 saturated heterocycles. The maximum Gasteiger partial charge on any atom is 0.322 e. The van der Waals surface area contributed by atoms with Gasteiger partial charge in [0.1, 0.15) is 12.4 Å². The lowest BCUT2D eigenvalue weighted by Crippen LogP contribution is -2.19. The number of nitrogens with one attached hydrogen (secondary N) is 1. The molecule has 0 aliphatic rings. The van der Waals surface area contributed by atoms with Gasteiger partial charge in [-0.3, -0.25) is 9.59 Å². The number of aromatic nitrogens is 1. The Morgan fingerprint density at radius 3 is 2.72 bits per heavy atom. The third-order valence-electron chi connectivity index (χ3n) is 2.40. The van der Waals surface area contributed by atoms with Crippen LogP contribution in [0, 0.1) is 0 Å².